The zero-order valence-electron chi connectivity index (χ0n) is 31.1. The van der Waals surface area contributed by atoms with Crippen molar-refractivity contribution in [3.05, 3.63) is 125 Å². The maximum absolute atomic E-state index is 15.4. The van der Waals surface area contributed by atoms with Gasteiger partial charge >= 0.3 is 0 Å². The fourth-order valence-electron chi connectivity index (χ4n) is 9.93. The minimum Gasteiger partial charge on any atom is -0.504 e. The highest BCUT2D eigenvalue weighted by atomic mass is 35.5. The number of nitrogens with one attached hydrogen (secondary N) is 1. The summed E-state index contributed by atoms with van der Waals surface area (Å²) in [4.78, 5) is 62.8. The van der Waals surface area contributed by atoms with Crippen molar-refractivity contribution in [1.29, 1.82) is 0 Å². The number of aromatic hydroxyl groups is 1. The molecule has 2 N–H and O–H groups in total. The van der Waals surface area contributed by atoms with Gasteiger partial charge in [-0.3, -0.25) is 29.5 Å². The number of phenols is 1. The fraction of sp³-hybridized carbons (Fsp3) is 0.318. The van der Waals surface area contributed by atoms with E-state index in [0.717, 1.165) is 23.8 Å². The maximum atomic E-state index is 15.4. The molecule has 0 spiro atoms. The maximum Gasteiger partial charge on any atom is 0.260 e. The Morgan fingerprint density at radius 3 is 2.28 bits per heavy atom. The van der Waals surface area contributed by atoms with Crippen molar-refractivity contribution in [3.63, 3.8) is 0 Å². The molecule has 0 radical (unpaired) electrons. The van der Waals surface area contributed by atoms with Gasteiger partial charge in [-0.25, -0.2) is 4.39 Å². The summed E-state index contributed by atoms with van der Waals surface area (Å²) in [5, 5.41) is 13.4. The Morgan fingerprint density at radius 2 is 1.58 bits per heavy atom. The number of anilines is 3. The Labute approximate surface area is 333 Å². The van der Waals surface area contributed by atoms with E-state index in [1.807, 2.05) is 18.2 Å². The van der Waals surface area contributed by atoms with E-state index in [2.05, 4.69) is 10.3 Å². The van der Waals surface area contributed by atoms with Crippen LogP contribution < -0.4 is 20.0 Å². The molecule has 9 rings (SSSR count). The molecule has 57 heavy (non-hydrogen) atoms. The minimum absolute atomic E-state index is 0.0625. The van der Waals surface area contributed by atoms with E-state index in [0.29, 0.717) is 46.3 Å². The summed E-state index contributed by atoms with van der Waals surface area (Å²) in [6.07, 6.45) is 2.21. The van der Waals surface area contributed by atoms with Crippen LogP contribution in [0.5, 0.6) is 11.5 Å². The summed E-state index contributed by atoms with van der Waals surface area (Å²) < 4.78 is 25.3. The number of fused-ring (bicyclic) bond motifs is 4. The van der Waals surface area contributed by atoms with Gasteiger partial charge in [0, 0.05) is 35.3 Å². The lowest BCUT2D eigenvalue weighted by Gasteiger charge is -2.50. The molecule has 4 fully saturated rings. The first-order valence-electron chi connectivity index (χ1n) is 19.2. The number of rotatable bonds is 8. The van der Waals surface area contributed by atoms with E-state index >= 15 is 4.79 Å². The third-order valence-electron chi connectivity index (χ3n) is 12.4. The number of imide groups is 2. The molecule has 2 aliphatic carbocycles. The van der Waals surface area contributed by atoms with Crippen LogP contribution in [-0.2, 0) is 29.3 Å². The van der Waals surface area contributed by atoms with Gasteiger partial charge in [0.25, 0.3) is 11.8 Å². The number of halogens is 2. The molecule has 0 aromatic heterocycles. The number of allylic oxidation sites excluding steroid dienone is 2. The summed E-state index contributed by atoms with van der Waals surface area (Å²) >= 11 is 6.40. The number of carbonyl (C=O) groups is 4. The van der Waals surface area contributed by atoms with Crippen LogP contribution in [0.25, 0.3) is 0 Å². The molecule has 4 amide bonds. The summed E-state index contributed by atoms with van der Waals surface area (Å²) in [6, 6.07) is 24.5. The van der Waals surface area contributed by atoms with E-state index in [-0.39, 0.29) is 42.8 Å². The number of benzene rings is 4. The highest BCUT2D eigenvalue weighted by molar-refractivity contribution is 6.30. The lowest BCUT2D eigenvalue weighted by atomic mass is 9.49. The van der Waals surface area contributed by atoms with E-state index in [1.54, 1.807) is 61.5 Å². The van der Waals surface area contributed by atoms with Gasteiger partial charge in [-0.2, -0.15) is 5.01 Å². The number of ether oxygens (including phenoxy) is 2. The summed E-state index contributed by atoms with van der Waals surface area (Å²) in [5.41, 5.74) is 4.55. The molecular formula is C44H40ClFN4O7. The number of hydrogen-bond acceptors (Lipinski definition) is 9. The van der Waals surface area contributed by atoms with Gasteiger partial charge in [0.1, 0.15) is 5.82 Å². The van der Waals surface area contributed by atoms with Gasteiger partial charge in [-0.15, -0.1) is 0 Å². The van der Waals surface area contributed by atoms with Gasteiger partial charge in [0.15, 0.2) is 11.5 Å². The van der Waals surface area contributed by atoms with Crippen LogP contribution in [0.1, 0.15) is 36.8 Å². The molecule has 6 atom stereocenters. The Morgan fingerprint density at radius 1 is 0.877 bits per heavy atom. The number of nitrogens with zero attached hydrogens (tertiary/aromatic N) is 3. The molecule has 6 unspecified atom stereocenters. The van der Waals surface area contributed by atoms with Gasteiger partial charge in [0.05, 0.1) is 54.4 Å². The van der Waals surface area contributed by atoms with E-state index in [9.17, 15) is 23.9 Å². The average Bonchev–Trinajstić information content (AvgIpc) is 3.61. The lowest BCUT2D eigenvalue weighted by Crippen LogP contribution is -2.53. The number of hydrogen-bond donors (Lipinski definition) is 2. The number of para-hydroxylation sites is 1. The second kappa shape index (κ2) is 14.3. The van der Waals surface area contributed by atoms with Gasteiger partial charge in [0.2, 0.25) is 11.8 Å². The van der Waals surface area contributed by atoms with E-state index < -0.39 is 52.6 Å². The van der Waals surface area contributed by atoms with Crippen LogP contribution in [0.15, 0.2) is 103 Å². The predicted octanol–water partition coefficient (Wildman–Crippen LogP) is 6.61. The molecule has 11 nitrogen and oxygen atoms in total. The van der Waals surface area contributed by atoms with Crippen molar-refractivity contribution in [1.82, 2.24) is 5.01 Å². The Hall–Kier alpha value is -5.72. The summed E-state index contributed by atoms with van der Waals surface area (Å²) in [5.74, 6) is -6.54. The number of hydrazine groups is 1. The Kier molecular flexibility index (Phi) is 9.28. The highest BCUT2D eigenvalue weighted by Gasteiger charge is 2.70. The second-order valence-electron chi connectivity index (χ2n) is 15.1. The van der Waals surface area contributed by atoms with Crippen LogP contribution in [0.2, 0.25) is 5.02 Å². The van der Waals surface area contributed by atoms with Crippen LogP contribution in [-0.4, -0.2) is 66.7 Å². The van der Waals surface area contributed by atoms with Crippen molar-refractivity contribution in [3.8, 4) is 11.5 Å². The van der Waals surface area contributed by atoms with Gasteiger partial charge in [-0.05, 0) is 98.0 Å². The SMILES string of the molecule is CCOc1cccc(C2C3=CCC4C(=O)N(c5ccc(N6CCOCC6)cc5)C(=O)C4C3CC3C(=O)N(Nc4ccc(F)cc4)C(=O)C32c2ccc(Cl)cc2)c1O. The number of morpholine rings is 1. The number of phenolic OH excluding ortho intramolecular Hbond substituents is 1. The quantitative estimate of drug-likeness (QED) is 0.150. The molecule has 4 aromatic rings. The first-order chi connectivity index (χ1) is 27.6. The van der Waals surface area contributed by atoms with Crippen molar-refractivity contribution in [2.45, 2.75) is 31.1 Å². The first-order valence-corrected chi connectivity index (χ1v) is 19.6. The normalized spacial score (nSPS) is 26.9. The lowest BCUT2D eigenvalue weighted by molar-refractivity contribution is -0.138. The predicted molar refractivity (Wildman–Crippen MR) is 210 cm³/mol. The van der Waals surface area contributed by atoms with Crippen LogP contribution in [0.3, 0.4) is 0 Å². The molecule has 0 bridgehead atoms. The van der Waals surface area contributed by atoms with E-state index in [4.69, 9.17) is 21.1 Å². The molecule has 3 saturated heterocycles. The van der Waals surface area contributed by atoms with Crippen LogP contribution >= 0.6 is 11.6 Å². The van der Waals surface area contributed by atoms with Crippen molar-refractivity contribution >= 4 is 52.3 Å². The number of carbonyl (C=O) groups excluding carboxylic acids is 4. The second-order valence-corrected chi connectivity index (χ2v) is 15.6. The van der Waals surface area contributed by atoms with Crippen LogP contribution in [0.4, 0.5) is 21.5 Å². The molecule has 5 aliphatic rings. The zero-order chi connectivity index (χ0) is 39.6. The van der Waals surface area contributed by atoms with Crippen LogP contribution in [0, 0.1) is 29.5 Å². The molecule has 1 saturated carbocycles. The molecule has 3 heterocycles. The average molecular weight is 791 g/mol. The van der Waals surface area contributed by atoms with E-state index in [1.165, 1.54) is 29.2 Å². The standard InChI is InChI=1S/C44H40ClFN4O7/c1-2-57-36-5-3-4-33(39(36)51)38-31-18-19-32-37(42(54)49(40(32)52)30-16-14-29(15-17-30)48-20-22-56-23-21-48)34(31)24-35-41(53)50(47-28-12-10-27(46)11-13-28)43(55)44(35,38)25-6-8-26(45)9-7-25/h3-18,32,34-35,37-38,47,51H,2,19-24H2,1H3. The molecular weight excluding hydrogens is 751 g/mol. The smallest absolute Gasteiger partial charge is 0.260 e. The third-order valence-corrected chi connectivity index (χ3v) is 12.6. The zero-order valence-corrected chi connectivity index (χ0v) is 31.8. The molecule has 3 aliphatic heterocycles. The van der Waals surface area contributed by atoms with Gasteiger partial charge in [-0.1, -0.05) is 47.5 Å². The molecule has 13 heteroatoms. The molecule has 292 valence electrons. The summed E-state index contributed by atoms with van der Waals surface area (Å²) in [6.45, 7) is 4.77. The number of amides is 4. The largest absolute Gasteiger partial charge is 0.504 e. The topological polar surface area (TPSA) is 129 Å². The third kappa shape index (κ3) is 5.79. The van der Waals surface area contributed by atoms with Crippen molar-refractivity contribution in [2.24, 2.45) is 23.7 Å². The fourth-order valence-corrected chi connectivity index (χ4v) is 10.1. The first kappa shape index (κ1) is 36.9. The summed E-state index contributed by atoms with van der Waals surface area (Å²) in [7, 11) is 0. The Bertz CT molecular complexity index is 2300. The van der Waals surface area contributed by atoms with Crippen molar-refractivity contribution in [2.75, 3.05) is 48.1 Å². The highest BCUT2D eigenvalue weighted by Crippen LogP contribution is 2.65. The Balaban J connectivity index is 1.18. The van der Waals surface area contributed by atoms with Gasteiger partial charge < -0.3 is 19.5 Å². The molecule has 4 aromatic carbocycles. The monoisotopic (exact) mass is 790 g/mol. The van der Waals surface area contributed by atoms with Crippen molar-refractivity contribution < 1.29 is 38.1 Å². The minimum atomic E-state index is -1.65.